The number of carbonyl (C=O) groups is 1. The molecule has 0 spiro atoms. The molecule has 1 amide bonds. The lowest BCUT2D eigenvalue weighted by molar-refractivity contribution is 0.0853. The zero-order valence-electron chi connectivity index (χ0n) is 21.0. The van der Waals surface area contributed by atoms with Crippen molar-refractivity contribution < 1.29 is 4.79 Å². The van der Waals surface area contributed by atoms with Crippen LogP contribution in [-0.2, 0) is 6.54 Å². The number of hydrogen-bond donors (Lipinski definition) is 1. The zero-order chi connectivity index (χ0) is 22.8. The minimum absolute atomic E-state index is 0.107. The molecule has 1 unspecified atom stereocenters. The molecule has 1 heterocycles. The highest BCUT2D eigenvalue weighted by atomic mass is 16.1. The fourth-order valence-electron chi connectivity index (χ4n) is 5.71. The number of amides is 1. The lowest BCUT2D eigenvalue weighted by Crippen LogP contribution is -2.48. The second-order valence-electron chi connectivity index (χ2n) is 10.2. The Kier molecular flexibility index (Phi) is 10.5. The van der Waals surface area contributed by atoms with Gasteiger partial charge in [0.25, 0.3) is 5.91 Å². The maximum absolute atomic E-state index is 13.0. The summed E-state index contributed by atoms with van der Waals surface area (Å²) in [6, 6.07) is 8.58. The van der Waals surface area contributed by atoms with Crippen molar-refractivity contribution in [2.75, 3.05) is 32.7 Å². The zero-order valence-corrected chi connectivity index (χ0v) is 21.0. The van der Waals surface area contributed by atoms with Gasteiger partial charge < -0.3 is 10.2 Å². The molecule has 1 aromatic rings. The molecule has 1 saturated heterocycles. The highest BCUT2D eigenvalue weighted by Gasteiger charge is 2.30. The first-order valence-electron chi connectivity index (χ1n) is 13.5. The van der Waals surface area contributed by atoms with Crippen molar-refractivity contribution in [3.05, 3.63) is 35.4 Å². The predicted molar refractivity (Wildman–Crippen MR) is 135 cm³/mol. The SMILES string of the molecule is CCCCC1CCCN(C[C@@H]2CCCC[C@H]2NC(=O)c2ccc(CN(CC)CC)cc2)C1. The molecule has 32 heavy (non-hydrogen) atoms. The third-order valence-corrected chi connectivity index (χ3v) is 7.80. The summed E-state index contributed by atoms with van der Waals surface area (Å²) >= 11 is 0. The number of nitrogens with zero attached hydrogens (tertiary/aromatic N) is 2. The summed E-state index contributed by atoms with van der Waals surface area (Å²) in [7, 11) is 0. The van der Waals surface area contributed by atoms with Crippen LogP contribution in [0.3, 0.4) is 0 Å². The van der Waals surface area contributed by atoms with Crippen molar-refractivity contribution in [1.29, 1.82) is 0 Å². The first-order valence-corrected chi connectivity index (χ1v) is 13.5. The van der Waals surface area contributed by atoms with Gasteiger partial charge in [0.2, 0.25) is 0 Å². The maximum atomic E-state index is 13.0. The Labute approximate surface area is 197 Å². The third kappa shape index (κ3) is 7.59. The number of piperidine rings is 1. The van der Waals surface area contributed by atoms with Crippen LogP contribution in [0.5, 0.6) is 0 Å². The molecule has 1 aliphatic heterocycles. The molecule has 0 radical (unpaired) electrons. The van der Waals surface area contributed by atoms with Gasteiger partial charge in [0.15, 0.2) is 0 Å². The molecular weight excluding hydrogens is 394 g/mol. The van der Waals surface area contributed by atoms with Crippen molar-refractivity contribution in [3.8, 4) is 0 Å². The summed E-state index contributed by atoms with van der Waals surface area (Å²) in [5.74, 6) is 1.59. The molecule has 3 atom stereocenters. The molecule has 3 rings (SSSR count). The Balaban J connectivity index is 1.53. The van der Waals surface area contributed by atoms with Crippen LogP contribution in [0.2, 0.25) is 0 Å². The van der Waals surface area contributed by atoms with Crippen molar-refractivity contribution in [3.63, 3.8) is 0 Å². The smallest absolute Gasteiger partial charge is 0.251 e. The molecule has 4 nitrogen and oxygen atoms in total. The van der Waals surface area contributed by atoms with E-state index in [1.54, 1.807) is 0 Å². The largest absolute Gasteiger partial charge is 0.349 e. The van der Waals surface area contributed by atoms with Crippen LogP contribution in [0.25, 0.3) is 0 Å². The standard InChI is InChI=1S/C28H47N3O/c1-4-7-11-23-12-10-19-31(21-23)22-26-13-8-9-14-27(26)29-28(32)25-17-15-24(16-18-25)20-30(5-2)6-3/h15-18,23,26-27H,4-14,19-22H2,1-3H3,(H,29,32)/t23?,26-,27+/m0/s1. The number of rotatable bonds is 11. The van der Waals surface area contributed by atoms with E-state index in [9.17, 15) is 4.79 Å². The van der Waals surface area contributed by atoms with Gasteiger partial charge in [-0.05, 0) is 81.3 Å². The monoisotopic (exact) mass is 441 g/mol. The van der Waals surface area contributed by atoms with Gasteiger partial charge in [-0.3, -0.25) is 9.69 Å². The summed E-state index contributed by atoms with van der Waals surface area (Å²) in [5, 5.41) is 3.43. The van der Waals surface area contributed by atoms with E-state index in [-0.39, 0.29) is 5.91 Å². The van der Waals surface area contributed by atoms with Gasteiger partial charge in [0.1, 0.15) is 0 Å². The first-order chi connectivity index (χ1) is 15.6. The van der Waals surface area contributed by atoms with E-state index in [1.807, 2.05) is 12.1 Å². The Bertz CT molecular complexity index is 670. The Hall–Kier alpha value is -1.39. The molecule has 180 valence electrons. The highest BCUT2D eigenvalue weighted by Crippen LogP contribution is 2.28. The van der Waals surface area contributed by atoms with Gasteiger partial charge in [-0.25, -0.2) is 0 Å². The van der Waals surface area contributed by atoms with Gasteiger partial charge in [-0.15, -0.1) is 0 Å². The second kappa shape index (κ2) is 13.3. The molecule has 0 bridgehead atoms. The minimum atomic E-state index is 0.107. The predicted octanol–water partition coefficient (Wildman–Crippen LogP) is 5.72. The van der Waals surface area contributed by atoms with E-state index in [0.29, 0.717) is 12.0 Å². The van der Waals surface area contributed by atoms with Crippen LogP contribution in [0.4, 0.5) is 0 Å². The van der Waals surface area contributed by atoms with E-state index in [0.717, 1.165) is 44.1 Å². The fourth-order valence-corrected chi connectivity index (χ4v) is 5.71. The molecule has 4 heteroatoms. The Morgan fingerprint density at radius 3 is 2.50 bits per heavy atom. The molecule has 2 aliphatic rings. The van der Waals surface area contributed by atoms with Crippen molar-refractivity contribution >= 4 is 5.91 Å². The van der Waals surface area contributed by atoms with Crippen LogP contribution in [-0.4, -0.2) is 54.5 Å². The quantitative estimate of drug-likeness (QED) is 0.477. The van der Waals surface area contributed by atoms with Crippen LogP contribution in [0.1, 0.15) is 94.5 Å². The molecule has 2 fully saturated rings. The van der Waals surface area contributed by atoms with Crippen LogP contribution in [0, 0.1) is 11.8 Å². The third-order valence-electron chi connectivity index (χ3n) is 7.80. The van der Waals surface area contributed by atoms with Gasteiger partial charge in [0, 0.05) is 31.2 Å². The lowest BCUT2D eigenvalue weighted by atomic mass is 9.83. The van der Waals surface area contributed by atoms with E-state index >= 15 is 0 Å². The van der Waals surface area contributed by atoms with Gasteiger partial charge >= 0.3 is 0 Å². The Morgan fingerprint density at radius 2 is 1.78 bits per heavy atom. The first kappa shape index (κ1) is 25.2. The average molecular weight is 442 g/mol. The number of likely N-dealkylation sites (tertiary alicyclic amines) is 1. The summed E-state index contributed by atoms with van der Waals surface area (Å²) in [5.41, 5.74) is 2.08. The van der Waals surface area contributed by atoms with Crippen LogP contribution in [0.15, 0.2) is 24.3 Å². The van der Waals surface area contributed by atoms with E-state index in [4.69, 9.17) is 0 Å². The van der Waals surface area contributed by atoms with Gasteiger partial charge in [-0.2, -0.15) is 0 Å². The Morgan fingerprint density at radius 1 is 1.03 bits per heavy atom. The molecule has 0 aromatic heterocycles. The summed E-state index contributed by atoms with van der Waals surface area (Å²) in [6.45, 7) is 13.4. The summed E-state index contributed by atoms with van der Waals surface area (Å²) < 4.78 is 0. The number of hydrogen-bond acceptors (Lipinski definition) is 3. The van der Waals surface area contributed by atoms with Gasteiger partial charge in [-0.1, -0.05) is 58.6 Å². The van der Waals surface area contributed by atoms with E-state index < -0.39 is 0 Å². The number of benzene rings is 1. The topological polar surface area (TPSA) is 35.6 Å². The summed E-state index contributed by atoms with van der Waals surface area (Å²) in [4.78, 5) is 18.1. The maximum Gasteiger partial charge on any atom is 0.251 e. The summed E-state index contributed by atoms with van der Waals surface area (Å²) in [6.07, 6.45) is 11.8. The highest BCUT2D eigenvalue weighted by molar-refractivity contribution is 5.94. The normalized spacial score (nSPS) is 24.6. The lowest BCUT2D eigenvalue weighted by Gasteiger charge is -2.39. The van der Waals surface area contributed by atoms with Crippen molar-refractivity contribution in [2.45, 2.75) is 91.1 Å². The van der Waals surface area contributed by atoms with Crippen molar-refractivity contribution in [1.82, 2.24) is 15.1 Å². The fraction of sp³-hybridized carbons (Fsp3) is 0.750. The van der Waals surface area contributed by atoms with Gasteiger partial charge in [0.05, 0.1) is 0 Å². The molecule has 1 N–H and O–H groups in total. The number of nitrogens with one attached hydrogen (secondary N) is 1. The molecule has 1 saturated carbocycles. The van der Waals surface area contributed by atoms with E-state index in [2.05, 4.69) is 48.0 Å². The molecule has 1 aromatic carbocycles. The van der Waals surface area contributed by atoms with Crippen LogP contribution < -0.4 is 5.32 Å². The van der Waals surface area contributed by atoms with Crippen molar-refractivity contribution in [2.24, 2.45) is 11.8 Å². The molecular formula is C28H47N3O. The molecule has 1 aliphatic carbocycles. The average Bonchev–Trinajstić information content (AvgIpc) is 2.83. The van der Waals surface area contributed by atoms with E-state index in [1.165, 1.54) is 70.0 Å². The minimum Gasteiger partial charge on any atom is -0.349 e. The van der Waals surface area contributed by atoms with Crippen LogP contribution >= 0.6 is 0 Å². The number of carbonyl (C=O) groups excluding carboxylic acids is 1. The number of unbranched alkanes of at least 4 members (excludes halogenated alkanes) is 1. The second-order valence-corrected chi connectivity index (χ2v) is 10.2.